The van der Waals surface area contributed by atoms with Crippen molar-refractivity contribution in [1.29, 1.82) is 0 Å². The van der Waals surface area contributed by atoms with Crippen LogP contribution in [-0.2, 0) is 46.6 Å². The van der Waals surface area contributed by atoms with Crippen LogP contribution < -0.4 is 5.32 Å². The largest absolute Gasteiger partial charge is 0.475 e. The molecule has 1 fully saturated rings. The number of phosphoric acid groups is 1. The first-order valence-electron chi connectivity index (χ1n) is 22.1. The lowest BCUT2D eigenvalue weighted by molar-refractivity contribution is -0.262. The molecule has 1 N–H and O–H groups in total. The number of hydrogen-bond donors (Lipinski definition) is 1. The average Bonchev–Trinajstić information content (AvgIpc) is 3.21. The van der Waals surface area contributed by atoms with Gasteiger partial charge in [0.15, 0.2) is 0 Å². The molecule has 0 aromatic carbocycles. The van der Waals surface area contributed by atoms with Gasteiger partial charge in [0.05, 0.1) is 32.2 Å². The minimum absolute atomic E-state index is 0.0105. The second-order valence-electron chi connectivity index (χ2n) is 14.9. The molecule has 57 heavy (non-hydrogen) atoms. The van der Waals surface area contributed by atoms with Crippen molar-refractivity contribution in [3.63, 3.8) is 0 Å². The van der Waals surface area contributed by atoms with Gasteiger partial charge in [0.25, 0.3) is 0 Å². The van der Waals surface area contributed by atoms with E-state index in [-0.39, 0.29) is 38.4 Å². The van der Waals surface area contributed by atoms with Gasteiger partial charge >= 0.3 is 7.82 Å². The van der Waals surface area contributed by atoms with E-state index < -0.39 is 38.5 Å². The van der Waals surface area contributed by atoms with Crippen molar-refractivity contribution in [2.24, 2.45) is 0 Å². The minimum atomic E-state index is -4.20. The van der Waals surface area contributed by atoms with Crippen LogP contribution in [0.1, 0.15) is 156 Å². The molecule has 0 aromatic heterocycles. The molecule has 1 aliphatic rings. The van der Waals surface area contributed by atoms with Crippen LogP contribution in [0.5, 0.6) is 0 Å². The van der Waals surface area contributed by atoms with Crippen molar-refractivity contribution in [2.75, 3.05) is 40.6 Å². The Morgan fingerprint density at radius 2 is 1.37 bits per heavy atom. The third-order valence-corrected chi connectivity index (χ3v) is 11.4. The van der Waals surface area contributed by atoms with Gasteiger partial charge in [0.2, 0.25) is 12.2 Å². The summed E-state index contributed by atoms with van der Waals surface area (Å²) in [5.74, 6) is -0.160. The van der Waals surface area contributed by atoms with Crippen molar-refractivity contribution in [2.45, 2.75) is 192 Å². The topological polar surface area (TPSA) is 120 Å². The molecule has 1 heterocycles. The normalized spacial score (nSPS) is 20.6. The van der Waals surface area contributed by atoms with Crippen LogP contribution >= 0.6 is 7.82 Å². The van der Waals surface area contributed by atoms with Gasteiger partial charge in [0.1, 0.15) is 24.4 Å². The van der Waals surface area contributed by atoms with Gasteiger partial charge in [-0.3, -0.25) is 18.4 Å². The molecule has 1 saturated heterocycles. The fourth-order valence-electron chi connectivity index (χ4n) is 6.79. The third kappa shape index (κ3) is 25.4. The van der Waals surface area contributed by atoms with Gasteiger partial charge in [-0.2, -0.15) is 0 Å². The van der Waals surface area contributed by atoms with Crippen LogP contribution in [0.4, 0.5) is 0 Å². The molecule has 0 saturated carbocycles. The Morgan fingerprint density at radius 3 is 1.95 bits per heavy atom. The molecule has 1 aliphatic heterocycles. The van der Waals surface area contributed by atoms with E-state index in [1.807, 2.05) is 6.92 Å². The summed E-state index contributed by atoms with van der Waals surface area (Å²) in [6, 6.07) is -0.834. The third-order valence-electron chi connectivity index (χ3n) is 9.98. The SMILES string of the molecule is C=CCOP(=O)(OCC=C)O[C@H]1C(OCC[C@@H](CCCCCCC)OC)[C@@H](NC(=O)CCCCCCCCC/C=C\CCCCCC)C(O/C=C\C)O[C@@H]1COC. The van der Waals surface area contributed by atoms with Crippen LogP contribution in [0.15, 0.2) is 49.8 Å². The summed E-state index contributed by atoms with van der Waals surface area (Å²) in [6.07, 6.45) is 30.1. The number of carbonyl (C=O) groups excluding carboxylic acids is 1. The molecule has 2 unspecified atom stereocenters. The minimum Gasteiger partial charge on any atom is -0.471 e. The number of hydrogen-bond acceptors (Lipinski definition) is 10. The predicted molar refractivity (Wildman–Crippen MR) is 231 cm³/mol. The number of rotatable bonds is 39. The Balaban J connectivity index is 3.04. The highest BCUT2D eigenvalue weighted by Gasteiger charge is 2.52. The Morgan fingerprint density at radius 1 is 0.789 bits per heavy atom. The van der Waals surface area contributed by atoms with Crippen molar-refractivity contribution < 1.29 is 46.6 Å². The summed E-state index contributed by atoms with van der Waals surface area (Å²) in [5.41, 5.74) is 0. The second kappa shape index (κ2) is 36.1. The highest BCUT2D eigenvalue weighted by molar-refractivity contribution is 7.48. The number of ether oxygens (including phenoxy) is 5. The molecule has 0 radical (unpaired) electrons. The zero-order valence-corrected chi connectivity index (χ0v) is 37.4. The number of unbranched alkanes of at least 4 members (excludes halogenated alkanes) is 15. The van der Waals surface area contributed by atoms with E-state index >= 15 is 0 Å². The molecule has 1 amide bonds. The van der Waals surface area contributed by atoms with Crippen molar-refractivity contribution in [3.05, 3.63) is 49.8 Å². The zero-order valence-electron chi connectivity index (χ0n) is 36.5. The van der Waals surface area contributed by atoms with Gasteiger partial charge in [-0.1, -0.05) is 128 Å². The van der Waals surface area contributed by atoms with Crippen LogP contribution in [0.2, 0.25) is 0 Å². The van der Waals surface area contributed by atoms with Crippen LogP contribution in [0.3, 0.4) is 0 Å². The number of methoxy groups -OCH3 is 2. The quantitative estimate of drug-likeness (QED) is 0.0277. The van der Waals surface area contributed by atoms with Gasteiger partial charge in [-0.25, -0.2) is 4.57 Å². The fraction of sp³-hybridized carbons (Fsp3) is 0.800. The van der Waals surface area contributed by atoms with E-state index in [0.29, 0.717) is 12.8 Å². The summed E-state index contributed by atoms with van der Waals surface area (Å²) in [4.78, 5) is 13.6. The first-order valence-corrected chi connectivity index (χ1v) is 23.6. The lowest BCUT2D eigenvalue weighted by Crippen LogP contribution is -2.66. The molecular formula is C45H82NO10P. The number of amides is 1. The highest BCUT2D eigenvalue weighted by atomic mass is 31.2. The van der Waals surface area contributed by atoms with Gasteiger partial charge in [-0.15, -0.1) is 13.2 Å². The smallest absolute Gasteiger partial charge is 0.471 e. The van der Waals surface area contributed by atoms with Gasteiger partial charge in [0, 0.05) is 27.2 Å². The van der Waals surface area contributed by atoms with Gasteiger partial charge < -0.3 is 29.0 Å². The predicted octanol–water partition coefficient (Wildman–Crippen LogP) is 11.5. The molecule has 0 aliphatic carbocycles. The van der Waals surface area contributed by atoms with Gasteiger partial charge in [-0.05, 0) is 51.9 Å². The summed E-state index contributed by atoms with van der Waals surface area (Å²) >= 11 is 0. The molecule has 6 atom stereocenters. The monoisotopic (exact) mass is 828 g/mol. The van der Waals surface area contributed by atoms with Crippen LogP contribution in [0, 0.1) is 0 Å². The summed E-state index contributed by atoms with van der Waals surface area (Å²) in [7, 11) is -0.950. The lowest BCUT2D eigenvalue weighted by atomic mass is 9.96. The Bertz CT molecular complexity index is 1090. The van der Waals surface area contributed by atoms with E-state index in [1.54, 1.807) is 13.2 Å². The summed E-state index contributed by atoms with van der Waals surface area (Å²) in [5, 5.41) is 3.14. The zero-order chi connectivity index (χ0) is 41.8. The van der Waals surface area contributed by atoms with Crippen molar-refractivity contribution in [1.82, 2.24) is 5.32 Å². The summed E-state index contributed by atoms with van der Waals surface area (Å²) in [6.45, 7) is 13.8. The maximum Gasteiger partial charge on any atom is 0.475 e. The molecule has 11 nitrogen and oxygen atoms in total. The number of carbonyl (C=O) groups is 1. The van der Waals surface area contributed by atoms with Crippen LogP contribution in [-0.4, -0.2) is 83.3 Å². The first-order chi connectivity index (χ1) is 27.8. The maximum atomic E-state index is 14.0. The molecule has 12 heteroatoms. The number of allylic oxidation sites excluding steroid dienone is 3. The van der Waals surface area contributed by atoms with Crippen molar-refractivity contribution in [3.8, 4) is 0 Å². The summed E-state index contributed by atoms with van der Waals surface area (Å²) < 4.78 is 61.8. The molecule has 332 valence electrons. The number of phosphoric ester groups is 1. The fourth-order valence-corrected chi connectivity index (χ4v) is 8.12. The first kappa shape index (κ1) is 53.2. The number of nitrogens with one attached hydrogen (secondary N) is 1. The van der Waals surface area contributed by atoms with E-state index in [0.717, 1.165) is 51.4 Å². The molecule has 1 rings (SSSR count). The Hall–Kier alpha value is -1.82. The van der Waals surface area contributed by atoms with E-state index in [9.17, 15) is 9.36 Å². The standard InChI is InChI=1S/C45H82NO10P/c1-8-13-15-17-18-19-20-21-22-23-24-25-26-28-30-32-41(47)46-42-44(51-37-33-39(50-7)31-29-27-16-14-9-2)43(40(38-49-6)55-45(42)52-34-10-3)56-57(48,53-35-11-4)54-36-12-5/h10-12,19-20,34,39-40,42-45H,4-5,8-9,13-18,21-33,35-38H2,1-3,6-7H3,(H,46,47)/b20-19-,34-10-/t39-,40-,42-,43-,44?,45?/m1/s1. The van der Waals surface area contributed by atoms with E-state index in [1.165, 1.54) is 96.2 Å². The lowest BCUT2D eigenvalue weighted by Gasteiger charge is -2.46. The molecular weight excluding hydrogens is 745 g/mol. The van der Waals surface area contributed by atoms with Crippen molar-refractivity contribution >= 4 is 13.7 Å². The Labute approximate surface area is 347 Å². The molecule has 0 aromatic rings. The molecule has 0 spiro atoms. The second-order valence-corrected chi connectivity index (χ2v) is 16.5. The average molecular weight is 828 g/mol. The van der Waals surface area contributed by atoms with E-state index in [2.05, 4.69) is 44.5 Å². The maximum absolute atomic E-state index is 14.0. The van der Waals surface area contributed by atoms with E-state index in [4.69, 9.17) is 37.3 Å². The highest BCUT2D eigenvalue weighted by Crippen LogP contribution is 2.52. The van der Waals surface area contributed by atoms with Crippen LogP contribution in [0.25, 0.3) is 0 Å². The Kier molecular flexibility index (Phi) is 33.7. The molecule has 0 bridgehead atoms.